The van der Waals surface area contributed by atoms with E-state index >= 15 is 0 Å². The van der Waals surface area contributed by atoms with Crippen LogP contribution in [0, 0.1) is 6.92 Å². The number of carbonyl (C=O) groups excluding carboxylic acids is 2. The second-order valence-electron chi connectivity index (χ2n) is 7.03. The molecule has 0 saturated carbocycles. The summed E-state index contributed by atoms with van der Waals surface area (Å²) < 4.78 is 5.98. The molecule has 1 aliphatic heterocycles. The predicted molar refractivity (Wildman–Crippen MR) is 94.2 cm³/mol. The molecule has 1 aliphatic rings. The molecule has 2 atom stereocenters. The molecule has 0 aromatic heterocycles. The van der Waals surface area contributed by atoms with Crippen molar-refractivity contribution >= 4 is 11.8 Å². The van der Waals surface area contributed by atoms with Crippen molar-refractivity contribution in [3.05, 3.63) is 29.3 Å². The second-order valence-corrected chi connectivity index (χ2v) is 7.03. The standard InChI is InChI=1S/C19H28N2O3/c1-12(2)16-8-7-13(3)9-17(16)24-15(5)19(23)21-10-14(4)20(6)18(22)11-21/h7-9,12,14-15H,10-11H2,1-6H3/t14-,15+/m0/s1. The van der Waals surface area contributed by atoms with Crippen molar-refractivity contribution in [3.63, 3.8) is 0 Å². The fourth-order valence-corrected chi connectivity index (χ4v) is 2.91. The van der Waals surface area contributed by atoms with Gasteiger partial charge < -0.3 is 14.5 Å². The number of amides is 2. The molecule has 132 valence electrons. The molecule has 1 fully saturated rings. The van der Waals surface area contributed by atoms with Gasteiger partial charge in [0.25, 0.3) is 5.91 Å². The van der Waals surface area contributed by atoms with E-state index < -0.39 is 6.10 Å². The average molecular weight is 332 g/mol. The third kappa shape index (κ3) is 3.89. The van der Waals surface area contributed by atoms with Gasteiger partial charge in [0, 0.05) is 19.6 Å². The Bertz CT molecular complexity index is 627. The summed E-state index contributed by atoms with van der Waals surface area (Å²) in [5, 5.41) is 0. The smallest absolute Gasteiger partial charge is 0.263 e. The SMILES string of the molecule is Cc1ccc(C(C)C)c(O[C@H](C)C(=O)N2CC(=O)N(C)[C@@H](C)C2)c1. The Morgan fingerprint density at radius 3 is 2.54 bits per heavy atom. The number of piperazine rings is 1. The lowest BCUT2D eigenvalue weighted by molar-refractivity contribution is -0.150. The molecule has 2 rings (SSSR count). The minimum Gasteiger partial charge on any atom is -0.481 e. The molecule has 5 heteroatoms. The van der Waals surface area contributed by atoms with Gasteiger partial charge in [-0.3, -0.25) is 9.59 Å². The number of nitrogens with zero attached hydrogens (tertiary/aromatic N) is 2. The van der Waals surface area contributed by atoms with E-state index in [4.69, 9.17) is 4.74 Å². The van der Waals surface area contributed by atoms with E-state index in [9.17, 15) is 9.59 Å². The molecule has 0 spiro atoms. The molecule has 1 aromatic rings. The van der Waals surface area contributed by atoms with Crippen molar-refractivity contribution in [2.75, 3.05) is 20.1 Å². The van der Waals surface area contributed by atoms with Crippen LogP contribution in [0.15, 0.2) is 18.2 Å². The number of hydrogen-bond acceptors (Lipinski definition) is 3. The van der Waals surface area contributed by atoms with Gasteiger partial charge >= 0.3 is 0 Å². The average Bonchev–Trinajstić information content (AvgIpc) is 2.51. The van der Waals surface area contributed by atoms with Gasteiger partial charge in [0.1, 0.15) is 5.75 Å². The molecule has 0 aliphatic carbocycles. The van der Waals surface area contributed by atoms with E-state index in [1.807, 2.05) is 26.0 Å². The van der Waals surface area contributed by atoms with Crippen LogP contribution >= 0.6 is 0 Å². The number of likely N-dealkylation sites (N-methyl/N-ethyl adjacent to an activating group) is 1. The fourth-order valence-electron chi connectivity index (χ4n) is 2.91. The van der Waals surface area contributed by atoms with Gasteiger partial charge in [-0.2, -0.15) is 0 Å². The lowest BCUT2D eigenvalue weighted by Gasteiger charge is -2.38. The molecular weight excluding hydrogens is 304 g/mol. The Balaban J connectivity index is 2.12. The van der Waals surface area contributed by atoms with Crippen LogP contribution in [0.4, 0.5) is 0 Å². The van der Waals surface area contributed by atoms with Gasteiger partial charge in [-0.05, 0) is 43.9 Å². The predicted octanol–water partition coefficient (Wildman–Crippen LogP) is 2.57. The first kappa shape index (κ1) is 18.3. The van der Waals surface area contributed by atoms with E-state index in [1.54, 1.807) is 23.8 Å². The Morgan fingerprint density at radius 1 is 1.29 bits per heavy atom. The normalized spacial score (nSPS) is 19.6. The van der Waals surface area contributed by atoms with Crippen LogP contribution in [0.2, 0.25) is 0 Å². The maximum Gasteiger partial charge on any atom is 0.263 e. The van der Waals surface area contributed by atoms with Crippen LogP contribution in [0.3, 0.4) is 0 Å². The summed E-state index contributed by atoms with van der Waals surface area (Å²) >= 11 is 0. The fraction of sp³-hybridized carbons (Fsp3) is 0.579. The molecule has 0 unspecified atom stereocenters. The van der Waals surface area contributed by atoms with Gasteiger partial charge in [-0.25, -0.2) is 0 Å². The van der Waals surface area contributed by atoms with Crippen molar-refractivity contribution in [3.8, 4) is 5.75 Å². The van der Waals surface area contributed by atoms with Gasteiger partial charge in [-0.1, -0.05) is 26.0 Å². The number of benzene rings is 1. The largest absolute Gasteiger partial charge is 0.481 e. The monoisotopic (exact) mass is 332 g/mol. The first-order chi connectivity index (χ1) is 11.2. The van der Waals surface area contributed by atoms with Gasteiger partial charge in [-0.15, -0.1) is 0 Å². The van der Waals surface area contributed by atoms with Gasteiger partial charge in [0.05, 0.1) is 6.54 Å². The highest BCUT2D eigenvalue weighted by Gasteiger charge is 2.32. The van der Waals surface area contributed by atoms with Crippen molar-refractivity contribution in [1.29, 1.82) is 0 Å². The van der Waals surface area contributed by atoms with Crippen LogP contribution < -0.4 is 4.74 Å². The molecule has 0 N–H and O–H groups in total. The highest BCUT2D eigenvalue weighted by molar-refractivity contribution is 5.88. The number of rotatable bonds is 4. The van der Waals surface area contributed by atoms with Crippen molar-refractivity contribution in [1.82, 2.24) is 9.80 Å². The molecule has 0 radical (unpaired) electrons. The second kappa shape index (κ2) is 7.24. The summed E-state index contributed by atoms with van der Waals surface area (Å²) in [6, 6.07) is 6.09. The maximum absolute atomic E-state index is 12.7. The molecule has 5 nitrogen and oxygen atoms in total. The highest BCUT2D eigenvalue weighted by atomic mass is 16.5. The van der Waals surface area contributed by atoms with E-state index in [0.29, 0.717) is 12.5 Å². The van der Waals surface area contributed by atoms with Gasteiger partial charge in [0.2, 0.25) is 5.91 Å². The van der Waals surface area contributed by atoms with E-state index in [2.05, 4.69) is 19.9 Å². The van der Waals surface area contributed by atoms with Crippen molar-refractivity contribution in [2.45, 2.75) is 52.7 Å². The molecule has 1 aromatic carbocycles. The van der Waals surface area contributed by atoms with Crippen LogP contribution in [-0.4, -0.2) is 53.9 Å². The number of ether oxygens (including phenoxy) is 1. The Labute approximate surface area is 144 Å². The Hall–Kier alpha value is -2.04. The van der Waals surface area contributed by atoms with Crippen molar-refractivity contribution in [2.24, 2.45) is 0 Å². The number of carbonyl (C=O) groups is 2. The zero-order valence-corrected chi connectivity index (χ0v) is 15.5. The molecule has 2 amide bonds. The quantitative estimate of drug-likeness (QED) is 0.851. The Kier molecular flexibility index (Phi) is 5.52. The van der Waals surface area contributed by atoms with E-state index in [1.165, 1.54) is 0 Å². The number of hydrogen-bond donors (Lipinski definition) is 0. The van der Waals surface area contributed by atoms with Crippen LogP contribution in [0.5, 0.6) is 5.75 Å². The first-order valence-electron chi connectivity index (χ1n) is 8.52. The molecule has 1 saturated heterocycles. The highest BCUT2D eigenvalue weighted by Crippen LogP contribution is 2.28. The van der Waals surface area contributed by atoms with Crippen LogP contribution in [-0.2, 0) is 9.59 Å². The first-order valence-corrected chi connectivity index (χ1v) is 8.52. The van der Waals surface area contributed by atoms with E-state index in [0.717, 1.165) is 16.9 Å². The summed E-state index contributed by atoms with van der Waals surface area (Å²) in [7, 11) is 1.77. The van der Waals surface area contributed by atoms with Crippen molar-refractivity contribution < 1.29 is 14.3 Å². The summed E-state index contributed by atoms with van der Waals surface area (Å²) in [6.45, 7) is 10.6. The third-order valence-corrected chi connectivity index (χ3v) is 4.62. The van der Waals surface area contributed by atoms with Crippen LogP contribution in [0.1, 0.15) is 44.7 Å². The van der Waals surface area contributed by atoms with E-state index in [-0.39, 0.29) is 24.4 Å². The van der Waals surface area contributed by atoms with Crippen LogP contribution in [0.25, 0.3) is 0 Å². The van der Waals surface area contributed by atoms with Gasteiger partial charge in [0.15, 0.2) is 6.10 Å². The topological polar surface area (TPSA) is 49.9 Å². The summed E-state index contributed by atoms with van der Waals surface area (Å²) in [5.74, 6) is 0.889. The summed E-state index contributed by atoms with van der Waals surface area (Å²) in [5.41, 5.74) is 2.18. The lowest BCUT2D eigenvalue weighted by Crippen LogP contribution is -2.57. The maximum atomic E-state index is 12.7. The lowest BCUT2D eigenvalue weighted by atomic mass is 10.0. The minimum atomic E-state index is -0.618. The molecule has 24 heavy (non-hydrogen) atoms. The Morgan fingerprint density at radius 2 is 1.96 bits per heavy atom. The third-order valence-electron chi connectivity index (χ3n) is 4.62. The molecular formula is C19H28N2O3. The summed E-state index contributed by atoms with van der Waals surface area (Å²) in [6.07, 6.45) is -0.618. The summed E-state index contributed by atoms with van der Waals surface area (Å²) in [4.78, 5) is 28.0. The molecule has 1 heterocycles. The zero-order valence-electron chi connectivity index (χ0n) is 15.5. The minimum absolute atomic E-state index is 0.0209. The number of aryl methyl sites for hydroxylation is 1. The molecule has 0 bridgehead atoms. The zero-order chi connectivity index (χ0) is 18.0.